The third kappa shape index (κ3) is 3.66. The molecular formula is C14H21FN2O2. The molecule has 0 heterocycles. The van der Waals surface area contributed by atoms with Gasteiger partial charge in [0.2, 0.25) is 5.82 Å². The molecule has 0 aliphatic rings. The summed E-state index contributed by atoms with van der Waals surface area (Å²) in [7, 11) is 0. The normalized spacial score (nSPS) is 12.2. The molecule has 0 fully saturated rings. The van der Waals surface area contributed by atoms with Crippen LogP contribution in [0, 0.1) is 15.9 Å². The van der Waals surface area contributed by atoms with E-state index in [1.807, 2.05) is 18.7 Å². The molecule has 1 aromatic rings. The SMILES string of the molecule is CCCCN(c1cccc(F)c1[N+](=O)[O-])C(C)CC. The Morgan fingerprint density at radius 1 is 1.42 bits per heavy atom. The minimum Gasteiger partial charge on any atom is -0.363 e. The summed E-state index contributed by atoms with van der Waals surface area (Å²) in [5.74, 6) is -0.771. The maximum absolute atomic E-state index is 13.7. The standard InChI is InChI=1S/C14H21FN2O2/c1-4-6-10-16(11(3)5-2)13-9-7-8-12(15)14(13)17(18)19/h7-9,11H,4-6,10H2,1-3H3. The van der Waals surface area contributed by atoms with E-state index in [2.05, 4.69) is 6.92 Å². The van der Waals surface area contributed by atoms with Crippen LogP contribution in [0.1, 0.15) is 40.0 Å². The van der Waals surface area contributed by atoms with Gasteiger partial charge in [-0.1, -0.05) is 26.3 Å². The number of hydrogen-bond donors (Lipinski definition) is 0. The highest BCUT2D eigenvalue weighted by molar-refractivity contribution is 5.64. The Bertz CT molecular complexity index is 437. The summed E-state index contributed by atoms with van der Waals surface area (Å²) in [5.41, 5.74) is -0.0355. The molecule has 5 heteroatoms. The van der Waals surface area contributed by atoms with Gasteiger partial charge in [-0.15, -0.1) is 0 Å². The number of nitro benzene ring substituents is 1. The third-order valence-corrected chi connectivity index (χ3v) is 3.33. The highest BCUT2D eigenvalue weighted by atomic mass is 19.1. The first-order valence-electron chi connectivity index (χ1n) is 6.72. The molecule has 1 atom stereocenters. The Labute approximate surface area is 113 Å². The Hall–Kier alpha value is -1.65. The maximum Gasteiger partial charge on any atom is 0.327 e. The quantitative estimate of drug-likeness (QED) is 0.551. The van der Waals surface area contributed by atoms with Crippen LogP contribution in [-0.4, -0.2) is 17.5 Å². The van der Waals surface area contributed by atoms with Crippen molar-refractivity contribution < 1.29 is 9.31 Å². The van der Waals surface area contributed by atoms with Gasteiger partial charge in [0.05, 0.1) is 4.92 Å². The second kappa shape index (κ2) is 7.07. The first kappa shape index (κ1) is 15.4. The van der Waals surface area contributed by atoms with E-state index in [1.54, 1.807) is 6.07 Å². The summed E-state index contributed by atoms with van der Waals surface area (Å²) in [6, 6.07) is 4.44. The zero-order valence-corrected chi connectivity index (χ0v) is 11.7. The maximum atomic E-state index is 13.7. The molecule has 0 saturated carbocycles. The molecule has 1 rings (SSSR count). The van der Waals surface area contributed by atoms with Crippen LogP contribution in [0.15, 0.2) is 18.2 Å². The fraction of sp³-hybridized carbons (Fsp3) is 0.571. The average molecular weight is 268 g/mol. The molecule has 1 aromatic carbocycles. The molecule has 0 amide bonds. The van der Waals surface area contributed by atoms with Gasteiger partial charge in [-0.05, 0) is 31.9 Å². The van der Waals surface area contributed by atoms with Gasteiger partial charge in [-0.3, -0.25) is 10.1 Å². The van der Waals surface area contributed by atoms with Crippen LogP contribution in [0.5, 0.6) is 0 Å². The van der Waals surface area contributed by atoms with Gasteiger partial charge in [0, 0.05) is 12.6 Å². The number of nitrogens with zero attached hydrogens (tertiary/aromatic N) is 2. The van der Waals surface area contributed by atoms with Crippen molar-refractivity contribution in [3.8, 4) is 0 Å². The molecule has 0 aromatic heterocycles. The first-order chi connectivity index (χ1) is 9.02. The van der Waals surface area contributed by atoms with Crippen molar-refractivity contribution in [1.82, 2.24) is 0 Å². The molecule has 0 aliphatic heterocycles. The molecular weight excluding hydrogens is 247 g/mol. The molecule has 4 nitrogen and oxygen atoms in total. The van der Waals surface area contributed by atoms with Gasteiger partial charge in [0.1, 0.15) is 5.69 Å². The van der Waals surface area contributed by atoms with Gasteiger partial charge in [-0.2, -0.15) is 4.39 Å². The number of halogens is 1. The van der Waals surface area contributed by atoms with Crippen LogP contribution < -0.4 is 4.90 Å². The Balaban J connectivity index is 3.21. The van der Waals surface area contributed by atoms with E-state index in [9.17, 15) is 14.5 Å². The van der Waals surface area contributed by atoms with Crippen LogP contribution in [0.25, 0.3) is 0 Å². The van der Waals surface area contributed by atoms with Crippen molar-refractivity contribution in [3.05, 3.63) is 34.1 Å². The number of anilines is 1. The van der Waals surface area contributed by atoms with E-state index < -0.39 is 16.4 Å². The van der Waals surface area contributed by atoms with Gasteiger partial charge < -0.3 is 4.90 Å². The zero-order valence-electron chi connectivity index (χ0n) is 11.7. The van der Waals surface area contributed by atoms with Crippen molar-refractivity contribution in [2.75, 3.05) is 11.4 Å². The summed E-state index contributed by atoms with van der Waals surface area (Å²) < 4.78 is 13.7. The highest BCUT2D eigenvalue weighted by Crippen LogP contribution is 2.32. The van der Waals surface area contributed by atoms with Crippen molar-refractivity contribution in [2.24, 2.45) is 0 Å². The van der Waals surface area contributed by atoms with Crippen molar-refractivity contribution in [2.45, 2.75) is 46.1 Å². The second-order valence-corrected chi connectivity index (χ2v) is 4.67. The average Bonchev–Trinajstić information content (AvgIpc) is 2.38. The smallest absolute Gasteiger partial charge is 0.327 e. The monoisotopic (exact) mass is 268 g/mol. The van der Waals surface area contributed by atoms with Crippen LogP contribution in [0.4, 0.5) is 15.8 Å². The van der Waals surface area contributed by atoms with E-state index in [1.165, 1.54) is 6.07 Å². The van der Waals surface area contributed by atoms with Crippen molar-refractivity contribution in [3.63, 3.8) is 0 Å². The fourth-order valence-corrected chi connectivity index (χ4v) is 2.04. The number of nitro groups is 1. The zero-order chi connectivity index (χ0) is 14.4. The predicted octanol–water partition coefficient (Wildman–Crippen LogP) is 4.14. The summed E-state index contributed by atoms with van der Waals surface area (Å²) in [6.45, 7) is 6.80. The van der Waals surface area contributed by atoms with Crippen molar-refractivity contribution >= 4 is 11.4 Å². The molecule has 0 bridgehead atoms. The Kier molecular flexibility index (Phi) is 5.73. The second-order valence-electron chi connectivity index (χ2n) is 4.67. The highest BCUT2D eigenvalue weighted by Gasteiger charge is 2.25. The molecule has 0 saturated heterocycles. The summed E-state index contributed by atoms with van der Waals surface area (Å²) in [4.78, 5) is 12.4. The number of para-hydroxylation sites is 1. The Morgan fingerprint density at radius 2 is 2.11 bits per heavy atom. The van der Waals surface area contributed by atoms with Gasteiger partial charge >= 0.3 is 5.69 Å². The number of hydrogen-bond acceptors (Lipinski definition) is 3. The number of unbranched alkanes of at least 4 members (excludes halogenated alkanes) is 1. The number of benzene rings is 1. The Morgan fingerprint density at radius 3 is 2.63 bits per heavy atom. The lowest BCUT2D eigenvalue weighted by Gasteiger charge is -2.30. The summed E-state index contributed by atoms with van der Waals surface area (Å²) in [6.07, 6.45) is 2.78. The van der Waals surface area contributed by atoms with Crippen LogP contribution in [0.2, 0.25) is 0 Å². The van der Waals surface area contributed by atoms with E-state index >= 15 is 0 Å². The molecule has 0 N–H and O–H groups in total. The van der Waals surface area contributed by atoms with E-state index in [0.29, 0.717) is 12.2 Å². The molecule has 0 aliphatic carbocycles. The van der Waals surface area contributed by atoms with Gasteiger partial charge in [-0.25, -0.2) is 0 Å². The van der Waals surface area contributed by atoms with Crippen molar-refractivity contribution in [1.29, 1.82) is 0 Å². The van der Waals surface area contributed by atoms with Crippen LogP contribution in [0.3, 0.4) is 0 Å². The molecule has 106 valence electrons. The van der Waals surface area contributed by atoms with Gasteiger partial charge in [0.25, 0.3) is 0 Å². The lowest BCUT2D eigenvalue weighted by Crippen LogP contribution is -2.34. The molecule has 0 radical (unpaired) electrons. The third-order valence-electron chi connectivity index (χ3n) is 3.33. The number of rotatable bonds is 7. The molecule has 19 heavy (non-hydrogen) atoms. The largest absolute Gasteiger partial charge is 0.363 e. The summed E-state index contributed by atoms with van der Waals surface area (Å²) >= 11 is 0. The van der Waals surface area contributed by atoms with E-state index in [0.717, 1.165) is 25.3 Å². The van der Waals surface area contributed by atoms with E-state index in [-0.39, 0.29) is 6.04 Å². The first-order valence-corrected chi connectivity index (χ1v) is 6.72. The van der Waals surface area contributed by atoms with E-state index in [4.69, 9.17) is 0 Å². The lowest BCUT2D eigenvalue weighted by atomic mass is 10.1. The minimum atomic E-state index is -0.771. The topological polar surface area (TPSA) is 46.4 Å². The predicted molar refractivity (Wildman–Crippen MR) is 75.1 cm³/mol. The minimum absolute atomic E-state index is 0.145. The summed E-state index contributed by atoms with van der Waals surface area (Å²) in [5, 5.41) is 11.1. The van der Waals surface area contributed by atoms with Crippen LogP contribution in [-0.2, 0) is 0 Å². The molecule has 1 unspecified atom stereocenters. The molecule has 0 spiro atoms. The van der Waals surface area contributed by atoms with Crippen LogP contribution >= 0.6 is 0 Å². The van der Waals surface area contributed by atoms with Gasteiger partial charge in [0.15, 0.2) is 0 Å². The lowest BCUT2D eigenvalue weighted by molar-refractivity contribution is -0.386. The fourth-order valence-electron chi connectivity index (χ4n) is 2.04.